The van der Waals surface area contributed by atoms with Crippen molar-refractivity contribution < 1.29 is 32.2 Å². The normalized spacial score (nSPS) is 19.2. The molecule has 28 heavy (non-hydrogen) atoms. The van der Waals surface area contributed by atoms with Crippen molar-refractivity contribution in [1.29, 1.82) is 5.26 Å². The van der Waals surface area contributed by atoms with Crippen LogP contribution in [0.15, 0.2) is 18.2 Å². The molecule has 0 unspecified atom stereocenters. The summed E-state index contributed by atoms with van der Waals surface area (Å²) in [5.74, 6) is -0.933. The van der Waals surface area contributed by atoms with E-state index in [2.05, 4.69) is 10.1 Å². The van der Waals surface area contributed by atoms with Gasteiger partial charge in [-0.1, -0.05) is 0 Å². The second-order valence-corrected chi connectivity index (χ2v) is 6.88. The van der Waals surface area contributed by atoms with Gasteiger partial charge in [0.1, 0.15) is 17.9 Å². The van der Waals surface area contributed by atoms with Gasteiger partial charge in [0.25, 0.3) is 0 Å². The summed E-state index contributed by atoms with van der Waals surface area (Å²) in [7, 11) is 1.61. The number of benzene rings is 1. The van der Waals surface area contributed by atoms with Gasteiger partial charge in [-0.05, 0) is 33.0 Å². The molecule has 0 aromatic heterocycles. The molecule has 1 fully saturated rings. The third-order valence-electron chi connectivity index (χ3n) is 4.57. The summed E-state index contributed by atoms with van der Waals surface area (Å²) in [6.07, 6.45) is -4.15. The zero-order valence-corrected chi connectivity index (χ0v) is 15.5. The number of alkyl halides is 3. The molecule has 7 nitrogen and oxygen atoms in total. The van der Waals surface area contributed by atoms with Gasteiger partial charge >= 0.3 is 6.36 Å². The van der Waals surface area contributed by atoms with Crippen LogP contribution in [0.25, 0.3) is 0 Å². The molecule has 0 heterocycles. The van der Waals surface area contributed by atoms with Gasteiger partial charge in [-0.25, -0.2) is 0 Å². The molecule has 0 radical (unpaired) electrons. The number of carbonyl (C=O) groups is 2. The Balaban J connectivity index is 2.02. The number of amides is 2. The molecule has 0 aliphatic heterocycles. The average molecular weight is 399 g/mol. The van der Waals surface area contributed by atoms with Crippen LogP contribution in [-0.4, -0.2) is 48.3 Å². The topological polar surface area (TPSA) is 91.7 Å². The lowest BCUT2D eigenvalue weighted by atomic mass is 9.86. The minimum Gasteiger partial charge on any atom is -0.490 e. The molecule has 2 rings (SSSR count). The van der Waals surface area contributed by atoms with Gasteiger partial charge in [-0.2, -0.15) is 5.26 Å². The molecule has 1 aliphatic rings. The van der Waals surface area contributed by atoms with Crippen LogP contribution in [0.4, 0.5) is 13.2 Å². The summed E-state index contributed by atoms with van der Waals surface area (Å²) in [4.78, 5) is 24.9. The average Bonchev–Trinajstić information content (AvgIpc) is 2.58. The highest BCUT2D eigenvalue weighted by Crippen LogP contribution is 2.34. The SMILES string of the molecule is CNC(C)(C)C(=O)N(C=O)[C@H]1C[C@@H](Oc2ccc(C#N)c(OC(F)(F)F)c2)C1. The zero-order chi connectivity index (χ0) is 21.1. The van der Waals surface area contributed by atoms with Crippen LogP contribution in [0, 0.1) is 11.3 Å². The maximum absolute atomic E-state index is 12.5. The van der Waals surface area contributed by atoms with Crippen molar-refractivity contribution in [1.82, 2.24) is 10.2 Å². The van der Waals surface area contributed by atoms with Crippen LogP contribution in [0.1, 0.15) is 32.3 Å². The third-order valence-corrected chi connectivity index (χ3v) is 4.57. The van der Waals surface area contributed by atoms with E-state index in [0.717, 1.165) is 11.0 Å². The summed E-state index contributed by atoms with van der Waals surface area (Å²) in [5, 5.41) is 11.7. The number of hydrogen-bond acceptors (Lipinski definition) is 6. The number of ether oxygens (including phenoxy) is 2. The van der Waals surface area contributed by atoms with Gasteiger partial charge in [0, 0.05) is 24.9 Å². The number of hydrogen-bond donors (Lipinski definition) is 1. The molecule has 10 heteroatoms. The molecule has 1 N–H and O–H groups in total. The van der Waals surface area contributed by atoms with Gasteiger partial charge in [-0.3, -0.25) is 14.5 Å². The van der Waals surface area contributed by atoms with E-state index in [-0.39, 0.29) is 29.4 Å². The standard InChI is InChI=1S/C18H20F3N3O4/c1-17(2,23-3)16(26)24(10-25)12-6-14(7-12)27-13-5-4-11(9-22)15(8-13)28-18(19,20)21/h4-5,8,10,12,14,23H,6-7H2,1-3H3/t12-,14+. The van der Waals surface area contributed by atoms with Crippen molar-refractivity contribution in [3.05, 3.63) is 23.8 Å². The molecule has 1 aromatic rings. The highest BCUT2D eigenvalue weighted by Gasteiger charge is 2.41. The number of halogens is 3. The lowest BCUT2D eigenvalue weighted by Gasteiger charge is -2.42. The van der Waals surface area contributed by atoms with Crippen molar-refractivity contribution in [3.63, 3.8) is 0 Å². The molecule has 1 aromatic carbocycles. The Morgan fingerprint density at radius 1 is 1.36 bits per heavy atom. The van der Waals surface area contributed by atoms with Crippen LogP contribution in [0.5, 0.6) is 11.5 Å². The number of nitrogens with one attached hydrogen (secondary N) is 1. The van der Waals surface area contributed by atoms with Gasteiger partial charge in [-0.15, -0.1) is 13.2 Å². The number of nitrogens with zero attached hydrogens (tertiary/aromatic N) is 2. The maximum atomic E-state index is 12.5. The molecular weight excluding hydrogens is 379 g/mol. The first-order valence-corrected chi connectivity index (χ1v) is 8.44. The third kappa shape index (κ3) is 4.92. The lowest BCUT2D eigenvalue weighted by Crippen LogP contribution is -2.59. The Bertz CT molecular complexity index is 783. The minimum absolute atomic E-state index is 0.0984. The van der Waals surface area contributed by atoms with Crippen molar-refractivity contribution in [2.75, 3.05) is 7.05 Å². The molecule has 0 saturated heterocycles. The van der Waals surface area contributed by atoms with Crippen LogP contribution in [-0.2, 0) is 9.59 Å². The number of carbonyl (C=O) groups excluding carboxylic acids is 2. The van der Waals surface area contributed by atoms with E-state index in [9.17, 15) is 22.8 Å². The number of imide groups is 1. The van der Waals surface area contributed by atoms with Crippen molar-refractivity contribution >= 4 is 12.3 Å². The zero-order valence-electron chi connectivity index (χ0n) is 15.5. The van der Waals surface area contributed by atoms with E-state index in [1.807, 2.05) is 0 Å². The molecule has 1 aliphatic carbocycles. The van der Waals surface area contributed by atoms with Crippen LogP contribution >= 0.6 is 0 Å². The highest BCUT2D eigenvalue weighted by atomic mass is 19.4. The fraction of sp³-hybridized carbons (Fsp3) is 0.500. The van der Waals surface area contributed by atoms with E-state index in [4.69, 9.17) is 10.00 Å². The lowest BCUT2D eigenvalue weighted by molar-refractivity contribution is -0.274. The Hall–Kier alpha value is -2.80. The minimum atomic E-state index is -4.93. The Labute approximate surface area is 160 Å². The first-order valence-electron chi connectivity index (χ1n) is 8.44. The van der Waals surface area contributed by atoms with E-state index < -0.39 is 17.7 Å². The number of rotatable bonds is 7. The summed E-state index contributed by atoms with van der Waals surface area (Å²) in [6, 6.07) is 4.79. The summed E-state index contributed by atoms with van der Waals surface area (Å²) in [5.41, 5.74) is -1.19. The second kappa shape index (κ2) is 8.06. The molecule has 0 spiro atoms. The predicted octanol–water partition coefficient (Wildman–Crippen LogP) is 2.35. The van der Waals surface area contributed by atoms with Gasteiger partial charge in [0.2, 0.25) is 12.3 Å². The van der Waals surface area contributed by atoms with Crippen molar-refractivity contribution in [2.45, 2.75) is 50.7 Å². The molecular formula is C18H20F3N3O4. The quantitative estimate of drug-likeness (QED) is 0.708. The Kier molecular flexibility index (Phi) is 6.19. The fourth-order valence-electron chi connectivity index (χ4n) is 2.66. The predicted molar refractivity (Wildman–Crippen MR) is 91.3 cm³/mol. The smallest absolute Gasteiger partial charge is 0.490 e. The molecule has 0 atom stereocenters. The summed E-state index contributed by atoms with van der Waals surface area (Å²) >= 11 is 0. The van der Waals surface area contributed by atoms with E-state index in [0.29, 0.717) is 19.3 Å². The summed E-state index contributed by atoms with van der Waals surface area (Å²) in [6.45, 7) is 3.30. The highest BCUT2D eigenvalue weighted by molar-refractivity contribution is 5.93. The fourth-order valence-corrected chi connectivity index (χ4v) is 2.66. The molecule has 152 valence electrons. The van der Waals surface area contributed by atoms with Crippen molar-refractivity contribution in [2.24, 2.45) is 0 Å². The number of likely N-dealkylation sites (N-methyl/N-ethyl adjacent to an activating group) is 1. The van der Waals surface area contributed by atoms with Crippen LogP contribution in [0.3, 0.4) is 0 Å². The molecule has 0 bridgehead atoms. The molecule has 1 saturated carbocycles. The van der Waals surface area contributed by atoms with Gasteiger partial charge in [0.05, 0.1) is 11.1 Å². The first kappa shape index (κ1) is 21.5. The van der Waals surface area contributed by atoms with Gasteiger partial charge < -0.3 is 14.8 Å². The Morgan fingerprint density at radius 2 is 2.00 bits per heavy atom. The van der Waals surface area contributed by atoms with Crippen molar-refractivity contribution in [3.8, 4) is 17.6 Å². The summed E-state index contributed by atoms with van der Waals surface area (Å²) < 4.78 is 46.8. The van der Waals surface area contributed by atoms with E-state index in [1.54, 1.807) is 27.0 Å². The van der Waals surface area contributed by atoms with Crippen LogP contribution < -0.4 is 14.8 Å². The Morgan fingerprint density at radius 3 is 2.50 bits per heavy atom. The second-order valence-electron chi connectivity index (χ2n) is 6.88. The van der Waals surface area contributed by atoms with E-state index in [1.165, 1.54) is 12.1 Å². The largest absolute Gasteiger partial charge is 0.573 e. The van der Waals surface area contributed by atoms with Crippen LogP contribution in [0.2, 0.25) is 0 Å². The maximum Gasteiger partial charge on any atom is 0.573 e. The van der Waals surface area contributed by atoms with Gasteiger partial charge in [0.15, 0.2) is 5.75 Å². The van der Waals surface area contributed by atoms with E-state index >= 15 is 0 Å². The first-order chi connectivity index (χ1) is 13.0. The number of nitriles is 1. The molecule has 2 amide bonds. The monoisotopic (exact) mass is 399 g/mol.